The number of pyridine rings is 1. The van der Waals surface area contributed by atoms with Crippen molar-refractivity contribution in [3.05, 3.63) is 35.0 Å². The second-order valence-electron chi connectivity index (χ2n) is 9.65. The molecule has 2 heterocycles. The van der Waals surface area contributed by atoms with Gasteiger partial charge in [-0.2, -0.15) is 18.2 Å². The van der Waals surface area contributed by atoms with Gasteiger partial charge in [-0.05, 0) is 54.5 Å². The Balaban J connectivity index is 1.69. The highest BCUT2D eigenvalue weighted by Crippen LogP contribution is 2.37. The van der Waals surface area contributed by atoms with Gasteiger partial charge in [0.15, 0.2) is 0 Å². The topological polar surface area (TPSA) is 105 Å². The van der Waals surface area contributed by atoms with Crippen molar-refractivity contribution in [2.45, 2.75) is 70.1 Å². The molecular formula is C22H28F3N5O2. The van der Waals surface area contributed by atoms with Gasteiger partial charge in [-0.15, -0.1) is 0 Å². The molecule has 1 aromatic heterocycles. The van der Waals surface area contributed by atoms with Crippen LogP contribution in [-0.4, -0.2) is 41.0 Å². The number of anilines is 1. The lowest BCUT2D eigenvalue weighted by molar-refractivity contribution is -0.115. The molecular weight excluding hydrogens is 423 g/mol. The predicted molar refractivity (Wildman–Crippen MR) is 116 cm³/mol. The van der Waals surface area contributed by atoms with Crippen LogP contribution in [0.5, 0.6) is 0 Å². The number of nitrogens with two attached hydrogens (primary N) is 1. The number of nitrogens with zero attached hydrogens (tertiary/aromatic N) is 2. The average Bonchev–Trinajstić information content (AvgIpc) is 2.61. The van der Waals surface area contributed by atoms with Crippen molar-refractivity contribution >= 4 is 22.6 Å². The lowest BCUT2D eigenvalue weighted by Gasteiger charge is -2.39. The number of nitrogens with one attached hydrogen (secondary N) is 2. The van der Waals surface area contributed by atoms with Crippen molar-refractivity contribution in [1.29, 1.82) is 0 Å². The van der Waals surface area contributed by atoms with Gasteiger partial charge in [0.25, 0.3) is 6.02 Å². The molecule has 2 aromatic rings. The maximum Gasteiger partial charge on any atom is 0.405 e. The number of rotatable bonds is 4. The van der Waals surface area contributed by atoms with E-state index in [2.05, 4.69) is 15.6 Å². The third-order valence-electron chi connectivity index (χ3n) is 5.75. The molecule has 2 aliphatic rings. The van der Waals surface area contributed by atoms with Crippen LogP contribution in [0.25, 0.3) is 10.9 Å². The SMILES string of the molecule is Cc1cc(C2(N)N=C(N[C@H]3C[C@@H](O)C3)O2)nc2c(C(C)(C)C)cc(NCC(F)(F)F)cc12. The first kappa shape index (κ1) is 22.6. The van der Waals surface area contributed by atoms with Crippen LogP contribution in [0, 0.1) is 6.92 Å². The maximum atomic E-state index is 12.7. The third-order valence-corrected chi connectivity index (χ3v) is 5.75. The number of aliphatic hydroxyl groups is 1. The minimum Gasteiger partial charge on any atom is -0.416 e. The van der Waals surface area contributed by atoms with Gasteiger partial charge < -0.3 is 20.5 Å². The summed E-state index contributed by atoms with van der Waals surface area (Å²) in [5, 5.41) is 15.7. The first-order valence-corrected chi connectivity index (χ1v) is 10.5. The Bertz CT molecular complexity index is 1070. The lowest BCUT2D eigenvalue weighted by atomic mass is 9.84. The van der Waals surface area contributed by atoms with Gasteiger partial charge in [-0.3, -0.25) is 5.73 Å². The number of hydrogen-bond acceptors (Lipinski definition) is 7. The first-order valence-electron chi connectivity index (χ1n) is 10.5. The van der Waals surface area contributed by atoms with E-state index in [1.165, 1.54) is 0 Å². The van der Waals surface area contributed by atoms with Crippen molar-refractivity contribution in [3.63, 3.8) is 0 Å². The number of aliphatic imine (C=N–C) groups is 1. The molecule has 0 radical (unpaired) electrons. The lowest BCUT2D eigenvalue weighted by Crippen LogP contribution is -2.57. The van der Waals surface area contributed by atoms with Gasteiger partial charge in [-0.1, -0.05) is 20.8 Å². The molecule has 1 aliphatic heterocycles. The van der Waals surface area contributed by atoms with E-state index in [4.69, 9.17) is 15.5 Å². The predicted octanol–water partition coefficient (Wildman–Crippen LogP) is 3.38. The van der Waals surface area contributed by atoms with Crippen LogP contribution < -0.4 is 16.4 Å². The number of aryl methyl sites for hydroxylation is 1. The number of aliphatic hydroxyl groups excluding tert-OH is 1. The average molecular weight is 451 g/mol. The van der Waals surface area contributed by atoms with Gasteiger partial charge in [0.1, 0.15) is 12.2 Å². The Kier molecular flexibility index (Phi) is 5.28. The Morgan fingerprint density at radius 2 is 1.88 bits per heavy atom. The van der Waals surface area contributed by atoms with Crippen LogP contribution in [0.4, 0.5) is 18.9 Å². The van der Waals surface area contributed by atoms with Crippen LogP contribution in [0.1, 0.15) is 50.4 Å². The molecule has 5 N–H and O–H groups in total. The number of benzene rings is 1. The van der Waals surface area contributed by atoms with Crippen LogP contribution >= 0.6 is 0 Å². The number of halogens is 3. The molecule has 7 nitrogen and oxygen atoms in total. The molecule has 174 valence electrons. The van der Waals surface area contributed by atoms with Gasteiger partial charge >= 0.3 is 12.0 Å². The highest BCUT2D eigenvalue weighted by atomic mass is 19.4. The number of aromatic nitrogens is 1. The monoisotopic (exact) mass is 451 g/mol. The summed E-state index contributed by atoms with van der Waals surface area (Å²) < 4.78 is 43.9. The summed E-state index contributed by atoms with van der Waals surface area (Å²) in [6, 6.07) is 5.54. The third kappa shape index (κ3) is 4.47. The quantitative estimate of drug-likeness (QED) is 0.568. The minimum absolute atomic E-state index is 0.106. The summed E-state index contributed by atoms with van der Waals surface area (Å²) in [5.41, 5.74) is 8.99. The molecule has 0 amide bonds. The molecule has 0 spiro atoms. The molecule has 1 saturated carbocycles. The highest BCUT2D eigenvalue weighted by molar-refractivity contribution is 5.90. The molecule has 1 fully saturated rings. The van der Waals surface area contributed by atoms with Crippen molar-refractivity contribution in [1.82, 2.24) is 10.3 Å². The number of ether oxygens (including phenoxy) is 1. The van der Waals surface area contributed by atoms with E-state index in [1.807, 2.05) is 27.7 Å². The van der Waals surface area contributed by atoms with E-state index in [1.54, 1.807) is 18.2 Å². The number of alkyl halides is 3. The molecule has 0 bridgehead atoms. The summed E-state index contributed by atoms with van der Waals surface area (Å²) in [6.45, 7) is 6.67. The molecule has 10 heteroatoms. The molecule has 4 rings (SSSR count). The summed E-state index contributed by atoms with van der Waals surface area (Å²) in [5.74, 6) is -1.44. The van der Waals surface area contributed by atoms with E-state index in [9.17, 15) is 18.3 Å². The minimum atomic E-state index is -4.32. The van der Waals surface area contributed by atoms with Gasteiger partial charge in [0.05, 0.1) is 11.6 Å². The normalized spacial score (nSPS) is 25.5. The largest absolute Gasteiger partial charge is 0.416 e. The van der Waals surface area contributed by atoms with Crippen LogP contribution in [0.3, 0.4) is 0 Å². The molecule has 1 atom stereocenters. The Labute approximate surface area is 184 Å². The van der Waals surface area contributed by atoms with Crippen molar-refractivity contribution < 1.29 is 23.0 Å². The smallest absolute Gasteiger partial charge is 0.405 e. The zero-order valence-electron chi connectivity index (χ0n) is 18.5. The summed E-state index contributed by atoms with van der Waals surface area (Å²) in [7, 11) is 0. The zero-order valence-corrected chi connectivity index (χ0v) is 18.5. The summed E-state index contributed by atoms with van der Waals surface area (Å²) >= 11 is 0. The van der Waals surface area contributed by atoms with Gasteiger partial charge in [0, 0.05) is 17.1 Å². The Morgan fingerprint density at radius 3 is 2.44 bits per heavy atom. The van der Waals surface area contributed by atoms with E-state index < -0.39 is 18.6 Å². The van der Waals surface area contributed by atoms with Crippen LogP contribution in [0.15, 0.2) is 23.2 Å². The van der Waals surface area contributed by atoms with Gasteiger partial charge in [-0.25, -0.2) is 4.98 Å². The molecule has 0 saturated heterocycles. The second-order valence-corrected chi connectivity index (χ2v) is 9.65. The highest BCUT2D eigenvalue weighted by Gasteiger charge is 2.43. The van der Waals surface area contributed by atoms with Gasteiger partial charge in [0.2, 0.25) is 0 Å². The number of hydrogen-bond donors (Lipinski definition) is 4. The molecule has 32 heavy (non-hydrogen) atoms. The van der Waals surface area contributed by atoms with Crippen molar-refractivity contribution in [3.8, 4) is 0 Å². The number of amidine groups is 1. The second kappa shape index (κ2) is 7.48. The van der Waals surface area contributed by atoms with E-state index >= 15 is 0 Å². The van der Waals surface area contributed by atoms with E-state index in [0.717, 1.165) is 16.5 Å². The van der Waals surface area contributed by atoms with Crippen LogP contribution in [-0.2, 0) is 16.0 Å². The Hall–Kier alpha value is -2.59. The fraction of sp³-hybridized carbons (Fsp3) is 0.545. The fourth-order valence-electron chi connectivity index (χ4n) is 3.91. The summed E-state index contributed by atoms with van der Waals surface area (Å²) in [6.07, 6.45) is -3.35. The molecule has 1 aliphatic carbocycles. The standard InChI is InChI=1S/C22H28F3N5O2/c1-11-5-17(22(26)30-19(32-22)28-13-6-14(31)7-13)29-18-15(11)8-12(27-10-21(23,24)25)9-16(18)20(2,3)4/h5,8-9,13-14,27,31H,6-7,10,26H2,1-4H3,(H,28,30)/t13-,14+,22?. The van der Waals surface area contributed by atoms with Crippen LogP contribution in [0.2, 0.25) is 0 Å². The fourth-order valence-corrected chi connectivity index (χ4v) is 3.91. The first-order chi connectivity index (χ1) is 14.7. The molecule has 1 aromatic carbocycles. The zero-order chi connectivity index (χ0) is 23.5. The number of fused-ring (bicyclic) bond motifs is 1. The van der Waals surface area contributed by atoms with Crippen molar-refractivity contribution in [2.24, 2.45) is 10.7 Å². The Morgan fingerprint density at radius 1 is 1.22 bits per heavy atom. The summed E-state index contributed by atoms with van der Waals surface area (Å²) in [4.78, 5) is 9.09. The molecule has 1 unspecified atom stereocenters. The maximum absolute atomic E-state index is 12.7. The van der Waals surface area contributed by atoms with Crippen molar-refractivity contribution in [2.75, 3.05) is 11.9 Å². The van der Waals surface area contributed by atoms with E-state index in [0.29, 0.717) is 35.8 Å². The van der Waals surface area contributed by atoms with E-state index in [-0.39, 0.29) is 17.6 Å².